The van der Waals surface area contributed by atoms with Crippen molar-refractivity contribution in [3.05, 3.63) is 71.8 Å². The maximum absolute atomic E-state index is 14.1. The van der Waals surface area contributed by atoms with Gasteiger partial charge in [-0.1, -0.05) is 60.7 Å². The number of thioether (sulfide) groups is 1. The molecule has 0 spiro atoms. The molecule has 3 aliphatic rings. The van der Waals surface area contributed by atoms with Gasteiger partial charge in [-0.05, 0) is 50.0 Å². The summed E-state index contributed by atoms with van der Waals surface area (Å²) in [5, 5.41) is -0.0374. The van der Waals surface area contributed by atoms with Gasteiger partial charge in [-0.3, -0.25) is 4.79 Å². The van der Waals surface area contributed by atoms with Gasteiger partial charge in [0.15, 0.2) is 14.1 Å². The van der Waals surface area contributed by atoms with Crippen molar-refractivity contribution >= 4 is 31.9 Å². The lowest BCUT2D eigenvalue weighted by Gasteiger charge is -2.48. The first-order valence-corrected chi connectivity index (χ1v) is 16.8. The van der Waals surface area contributed by atoms with Gasteiger partial charge in [0.25, 0.3) is 0 Å². The van der Waals surface area contributed by atoms with Crippen molar-refractivity contribution in [2.75, 3.05) is 5.75 Å². The van der Waals surface area contributed by atoms with Crippen LogP contribution in [0.5, 0.6) is 0 Å². The van der Waals surface area contributed by atoms with Gasteiger partial charge in [0.2, 0.25) is 0 Å². The molecule has 2 heterocycles. The van der Waals surface area contributed by atoms with Crippen molar-refractivity contribution in [2.45, 2.75) is 74.9 Å². The van der Waals surface area contributed by atoms with Crippen LogP contribution in [0.15, 0.2) is 60.7 Å². The molecular formula is C27H34N2O3SSi. The maximum Gasteiger partial charge on any atom is 0.322 e. The third-order valence-electron chi connectivity index (χ3n) is 7.12. The number of ketones is 1. The minimum atomic E-state index is -2.08. The molecule has 0 N–H and O–H groups in total. The quantitative estimate of drug-likeness (QED) is 0.473. The van der Waals surface area contributed by atoms with E-state index in [1.54, 1.807) is 0 Å². The minimum absolute atomic E-state index is 0.0228. The van der Waals surface area contributed by atoms with Crippen LogP contribution in [0, 0.1) is 0 Å². The number of hydrogen-bond acceptors (Lipinski definition) is 4. The fraction of sp³-hybridized carbons (Fsp3) is 0.481. The molecular weight excluding hydrogens is 460 g/mol. The van der Waals surface area contributed by atoms with Gasteiger partial charge in [-0.15, -0.1) is 11.8 Å². The van der Waals surface area contributed by atoms with Crippen molar-refractivity contribution in [2.24, 2.45) is 0 Å². The van der Waals surface area contributed by atoms with Crippen LogP contribution in [0.3, 0.4) is 0 Å². The molecule has 3 fully saturated rings. The average Bonchev–Trinajstić information content (AvgIpc) is 3.35. The largest absolute Gasteiger partial charge is 0.403 e. The smallest absolute Gasteiger partial charge is 0.322 e. The highest BCUT2D eigenvalue weighted by molar-refractivity contribution is 7.99. The van der Waals surface area contributed by atoms with E-state index in [1.807, 2.05) is 58.0 Å². The molecule has 2 amide bonds. The molecule has 2 aromatic rings. The second-order valence-electron chi connectivity index (χ2n) is 10.6. The molecule has 2 aromatic carbocycles. The average molecular weight is 495 g/mol. The molecule has 180 valence electrons. The lowest BCUT2D eigenvalue weighted by Crippen LogP contribution is -2.64. The Hall–Kier alpha value is -2.09. The lowest BCUT2D eigenvalue weighted by molar-refractivity contribution is -0.145. The summed E-state index contributed by atoms with van der Waals surface area (Å²) in [5.41, 5.74) is 1.30. The molecule has 0 radical (unpaired) electrons. The number of carbonyl (C=O) groups is 2. The summed E-state index contributed by atoms with van der Waals surface area (Å²) >= 11 is 1.81. The number of benzene rings is 2. The van der Waals surface area contributed by atoms with E-state index in [0.29, 0.717) is 19.4 Å². The van der Waals surface area contributed by atoms with E-state index in [4.69, 9.17) is 4.43 Å². The number of carbonyl (C=O) groups excluding carboxylic acids is 2. The minimum Gasteiger partial charge on any atom is -0.403 e. The van der Waals surface area contributed by atoms with Gasteiger partial charge in [0, 0.05) is 18.7 Å². The summed E-state index contributed by atoms with van der Waals surface area (Å²) in [5.74, 6) is 0.998. The van der Waals surface area contributed by atoms with Gasteiger partial charge in [0.05, 0.1) is 12.1 Å². The number of fused-ring (bicyclic) bond motifs is 1. The van der Waals surface area contributed by atoms with Crippen LogP contribution in [0.4, 0.5) is 4.79 Å². The van der Waals surface area contributed by atoms with Gasteiger partial charge >= 0.3 is 6.03 Å². The molecule has 0 bridgehead atoms. The molecule has 34 heavy (non-hydrogen) atoms. The number of Topliss-reactive ketones (excluding diaryl/α,β-unsaturated/α-hetero) is 1. The molecule has 2 aliphatic heterocycles. The monoisotopic (exact) mass is 494 g/mol. The summed E-state index contributed by atoms with van der Waals surface area (Å²) in [6, 6.07) is 20.1. The van der Waals surface area contributed by atoms with Crippen LogP contribution in [0.2, 0.25) is 19.6 Å². The van der Waals surface area contributed by atoms with Crippen molar-refractivity contribution in [1.29, 1.82) is 0 Å². The summed E-state index contributed by atoms with van der Waals surface area (Å²) in [7, 11) is -2.08. The zero-order valence-electron chi connectivity index (χ0n) is 20.3. The number of hydrogen-bond donors (Lipinski definition) is 0. The second kappa shape index (κ2) is 9.17. The van der Waals surface area contributed by atoms with Crippen LogP contribution in [-0.2, 0) is 15.8 Å². The number of nitrogens with zero attached hydrogens (tertiary/aromatic N) is 2. The van der Waals surface area contributed by atoms with E-state index in [0.717, 1.165) is 29.7 Å². The standard InChI is InChI=1S/C27H34N2O3SSi/c1-34(2,3)32-27(17-11-10-16-23(27)30)24-22-19-33-25(21-14-8-5-9-15-21)29(22)26(31)28(24)18-20-12-6-4-7-13-20/h4-9,12-15,22,24-25H,10-11,16-19H2,1-3H3/t22-,24-,25-,27?/m0/s1. The first kappa shape index (κ1) is 23.6. The number of rotatable bonds is 6. The Kier molecular flexibility index (Phi) is 6.38. The molecule has 0 aromatic heterocycles. The molecule has 1 saturated carbocycles. The van der Waals surface area contributed by atoms with E-state index >= 15 is 0 Å². The Morgan fingerprint density at radius 2 is 1.68 bits per heavy atom. The van der Waals surface area contributed by atoms with Crippen LogP contribution >= 0.6 is 11.8 Å². The van der Waals surface area contributed by atoms with Crippen molar-refractivity contribution in [3.63, 3.8) is 0 Å². The van der Waals surface area contributed by atoms with Crippen molar-refractivity contribution in [1.82, 2.24) is 9.80 Å². The molecule has 1 aliphatic carbocycles. The molecule has 4 atom stereocenters. The van der Waals surface area contributed by atoms with Crippen molar-refractivity contribution < 1.29 is 14.0 Å². The number of amides is 2. The van der Waals surface area contributed by atoms with Crippen LogP contribution in [0.25, 0.3) is 0 Å². The number of urea groups is 1. The normalized spacial score (nSPS) is 29.6. The van der Waals surface area contributed by atoms with Gasteiger partial charge < -0.3 is 14.2 Å². The molecule has 5 nitrogen and oxygen atoms in total. The van der Waals surface area contributed by atoms with E-state index in [1.165, 1.54) is 0 Å². The zero-order chi connectivity index (χ0) is 23.9. The summed E-state index contributed by atoms with van der Waals surface area (Å²) in [4.78, 5) is 31.9. The Morgan fingerprint density at radius 3 is 2.32 bits per heavy atom. The fourth-order valence-electron chi connectivity index (χ4n) is 5.92. The molecule has 5 rings (SSSR count). The van der Waals surface area contributed by atoms with Crippen molar-refractivity contribution in [3.8, 4) is 0 Å². The van der Waals surface area contributed by atoms with Crippen LogP contribution in [-0.4, -0.2) is 53.4 Å². The Bertz CT molecular complexity index is 1040. The SMILES string of the molecule is C[Si](C)(C)OC1([C@@H]2[C@@H]3CS[C@@H](c4ccccc4)N3C(=O)N2Cc2ccccc2)CCCCC1=O. The summed E-state index contributed by atoms with van der Waals surface area (Å²) in [6.07, 6.45) is 3.10. The van der Waals surface area contributed by atoms with Crippen LogP contribution < -0.4 is 0 Å². The molecule has 2 saturated heterocycles. The third kappa shape index (κ3) is 4.23. The Morgan fingerprint density at radius 1 is 1.00 bits per heavy atom. The van der Waals surface area contributed by atoms with E-state index in [-0.39, 0.29) is 29.3 Å². The summed E-state index contributed by atoms with van der Waals surface area (Å²) in [6.45, 7) is 6.96. The molecule has 1 unspecified atom stereocenters. The third-order valence-corrected chi connectivity index (χ3v) is 9.45. The topological polar surface area (TPSA) is 49.9 Å². The first-order chi connectivity index (χ1) is 16.3. The Balaban J connectivity index is 1.60. The second-order valence-corrected chi connectivity index (χ2v) is 16.2. The highest BCUT2D eigenvalue weighted by Crippen LogP contribution is 2.52. The van der Waals surface area contributed by atoms with E-state index in [9.17, 15) is 9.59 Å². The van der Waals surface area contributed by atoms with Gasteiger partial charge in [-0.25, -0.2) is 4.79 Å². The maximum atomic E-state index is 14.1. The van der Waals surface area contributed by atoms with Crippen LogP contribution in [0.1, 0.15) is 42.2 Å². The highest BCUT2D eigenvalue weighted by Gasteiger charge is 2.63. The highest BCUT2D eigenvalue weighted by atomic mass is 32.2. The van der Waals surface area contributed by atoms with E-state index in [2.05, 4.69) is 43.9 Å². The predicted octanol–water partition coefficient (Wildman–Crippen LogP) is 5.84. The van der Waals surface area contributed by atoms with E-state index < -0.39 is 13.9 Å². The predicted molar refractivity (Wildman–Crippen MR) is 139 cm³/mol. The fourth-order valence-corrected chi connectivity index (χ4v) is 8.83. The molecule has 7 heteroatoms. The lowest BCUT2D eigenvalue weighted by atomic mass is 9.75. The Labute approximate surface area is 208 Å². The zero-order valence-corrected chi connectivity index (χ0v) is 22.1. The first-order valence-electron chi connectivity index (χ1n) is 12.3. The van der Waals surface area contributed by atoms with Gasteiger partial charge in [-0.2, -0.15) is 0 Å². The summed E-state index contributed by atoms with van der Waals surface area (Å²) < 4.78 is 6.89. The van der Waals surface area contributed by atoms with Gasteiger partial charge in [0.1, 0.15) is 11.0 Å².